The molecule has 1 rings (SSSR count). The Balaban J connectivity index is 2.12. The fourth-order valence-electron chi connectivity index (χ4n) is 2.47. The van der Waals surface area contributed by atoms with Crippen LogP contribution in [0.4, 0.5) is 0 Å². The van der Waals surface area contributed by atoms with Gasteiger partial charge in [0.25, 0.3) is 0 Å². The van der Waals surface area contributed by atoms with Crippen molar-refractivity contribution < 1.29 is 9.84 Å². The van der Waals surface area contributed by atoms with Gasteiger partial charge in [-0.1, -0.05) is 26.2 Å². The van der Waals surface area contributed by atoms with Crippen LogP contribution in [0.2, 0.25) is 0 Å². The van der Waals surface area contributed by atoms with E-state index in [1.54, 1.807) is 0 Å². The third kappa shape index (κ3) is 4.81. The molecule has 3 nitrogen and oxygen atoms in total. The second kappa shape index (κ2) is 8.04. The minimum atomic E-state index is 0.186. The highest BCUT2D eigenvalue weighted by Crippen LogP contribution is 2.28. The summed E-state index contributed by atoms with van der Waals surface area (Å²) >= 11 is 0. The third-order valence-corrected chi connectivity index (χ3v) is 3.76. The van der Waals surface area contributed by atoms with E-state index in [0.717, 1.165) is 18.9 Å². The van der Waals surface area contributed by atoms with Crippen LogP contribution in [0, 0.1) is 5.92 Å². The van der Waals surface area contributed by atoms with Crippen LogP contribution in [0.15, 0.2) is 0 Å². The van der Waals surface area contributed by atoms with Crippen molar-refractivity contribution in [3.05, 3.63) is 0 Å². The van der Waals surface area contributed by atoms with Crippen molar-refractivity contribution in [2.45, 2.75) is 57.6 Å². The lowest BCUT2D eigenvalue weighted by Gasteiger charge is -2.28. The fourth-order valence-corrected chi connectivity index (χ4v) is 2.47. The standard InChI is InChI=1S/C13H27NO2/c1-3-11-5-4-6-13(9-11)16-8-7-12(10-15)14-2/h11-15H,3-10H2,1-2H3. The van der Waals surface area contributed by atoms with Gasteiger partial charge in [-0.2, -0.15) is 0 Å². The van der Waals surface area contributed by atoms with Gasteiger partial charge < -0.3 is 15.2 Å². The molecule has 0 spiro atoms. The number of aliphatic hydroxyl groups excluding tert-OH is 1. The van der Waals surface area contributed by atoms with E-state index in [1.807, 2.05) is 7.05 Å². The van der Waals surface area contributed by atoms with E-state index >= 15 is 0 Å². The number of nitrogens with one attached hydrogen (secondary N) is 1. The number of hydrogen-bond donors (Lipinski definition) is 2. The third-order valence-electron chi connectivity index (χ3n) is 3.76. The van der Waals surface area contributed by atoms with Gasteiger partial charge in [-0.05, 0) is 32.2 Å². The molecular formula is C13H27NO2. The largest absolute Gasteiger partial charge is 0.395 e. The first-order valence-corrected chi connectivity index (χ1v) is 6.69. The molecule has 3 unspecified atom stereocenters. The molecule has 96 valence electrons. The molecular weight excluding hydrogens is 202 g/mol. The Hall–Kier alpha value is -0.120. The highest BCUT2D eigenvalue weighted by molar-refractivity contribution is 4.73. The SMILES string of the molecule is CCC1CCCC(OCCC(CO)NC)C1. The Morgan fingerprint density at radius 1 is 1.44 bits per heavy atom. The smallest absolute Gasteiger partial charge is 0.0585 e. The van der Waals surface area contributed by atoms with Crippen molar-refractivity contribution in [2.75, 3.05) is 20.3 Å². The van der Waals surface area contributed by atoms with Crippen molar-refractivity contribution in [1.29, 1.82) is 0 Å². The van der Waals surface area contributed by atoms with E-state index in [4.69, 9.17) is 9.84 Å². The Morgan fingerprint density at radius 3 is 2.88 bits per heavy atom. The van der Waals surface area contributed by atoms with Crippen molar-refractivity contribution in [1.82, 2.24) is 5.32 Å². The van der Waals surface area contributed by atoms with E-state index in [-0.39, 0.29) is 12.6 Å². The zero-order valence-corrected chi connectivity index (χ0v) is 10.7. The normalized spacial score (nSPS) is 27.9. The molecule has 1 aliphatic carbocycles. The van der Waals surface area contributed by atoms with Crippen LogP contribution >= 0.6 is 0 Å². The van der Waals surface area contributed by atoms with Crippen LogP contribution in [0.3, 0.4) is 0 Å². The molecule has 1 aliphatic rings. The predicted molar refractivity (Wildman–Crippen MR) is 66.5 cm³/mol. The topological polar surface area (TPSA) is 41.5 Å². The molecule has 2 N–H and O–H groups in total. The lowest BCUT2D eigenvalue weighted by atomic mass is 9.85. The molecule has 1 saturated carbocycles. The van der Waals surface area contributed by atoms with Crippen molar-refractivity contribution in [3.8, 4) is 0 Å². The first kappa shape index (κ1) is 13.9. The van der Waals surface area contributed by atoms with Gasteiger partial charge in [0.2, 0.25) is 0 Å². The van der Waals surface area contributed by atoms with Crippen molar-refractivity contribution in [2.24, 2.45) is 5.92 Å². The summed E-state index contributed by atoms with van der Waals surface area (Å²) < 4.78 is 5.90. The monoisotopic (exact) mass is 229 g/mol. The van der Waals surface area contributed by atoms with E-state index in [2.05, 4.69) is 12.2 Å². The van der Waals surface area contributed by atoms with Gasteiger partial charge in [0.05, 0.1) is 12.7 Å². The molecule has 16 heavy (non-hydrogen) atoms. The van der Waals surface area contributed by atoms with Gasteiger partial charge >= 0.3 is 0 Å². The maximum atomic E-state index is 9.03. The molecule has 3 atom stereocenters. The number of hydrogen-bond acceptors (Lipinski definition) is 3. The first-order chi connectivity index (χ1) is 7.80. The maximum absolute atomic E-state index is 9.03. The molecule has 1 fully saturated rings. The summed E-state index contributed by atoms with van der Waals surface area (Å²) in [4.78, 5) is 0. The summed E-state index contributed by atoms with van der Waals surface area (Å²) in [5.41, 5.74) is 0. The molecule has 0 saturated heterocycles. The first-order valence-electron chi connectivity index (χ1n) is 6.69. The van der Waals surface area contributed by atoms with Crippen molar-refractivity contribution in [3.63, 3.8) is 0 Å². The van der Waals surface area contributed by atoms with E-state index < -0.39 is 0 Å². The second-order valence-electron chi connectivity index (χ2n) is 4.89. The van der Waals surface area contributed by atoms with Crippen LogP contribution in [-0.4, -0.2) is 37.5 Å². The van der Waals surface area contributed by atoms with Crippen LogP contribution < -0.4 is 5.32 Å². The van der Waals surface area contributed by atoms with E-state index in [1.165, 1.54) is 32.1 Å². The van der Waals surface area contributed by atoms with E-state index in [9.17, 15) is 0 Å². The summed E-state index contributed by atoms with van der Waals surface area (Å²) in [5, 5.41) is 12.1. The maximum Gasteiger partial charge on any atom is 0.0585 e. The van der Waals surface area contributed by atoms with Gasteiger partial charge in [-0.25, -0.2) is 0 Å². The minimum absolute atomic E-state index is 0.186. The minimum Gasteiger partial charge on any atom is -0.395 e. The molecule has 0 aromatic rings. The van der Waals surface area contributed by atoms with E-state index in [0.29, 0.717) is 6.10 Å². The summed E-state index contributed by atoms with van der Waals surface area (Å²) in [6, 6.07) is 0.186. The number of aliphatic hydroxyl groups is 1. The summed E-state index contributed by atoms with van der Waals surface area (Å²) in [6.07, 6.45) is 7.82. The Morgan fingerprint density at radius 2 is 2.25 bits per heavy atom. The van der Waals surface area contributed by atoms with Crippen LogP contribution in [0.1, 0.15) is 45.4 Å². The summed E-state index contributed by atoms with van der Waals surface area (Å²) in [7, 11) is 1.88. The molecule has 3 heteroatoms. The highest BCUT2D eigenvalue weighted by atomic mass is 16.5. The zero-order chi connectivity index (χ0) is 11.8. The number of rotatable bonds is 7. The average Bonchev–Trinajstić information content (AvgIpc) is 2.35. The quantitative estimate of drug-likeness (QED) is 0.701. The fraction of sp³-hybridized carbons (Fsp3) is 1.00. The molecule has 0 amide bonds. The van der Waals surface area contributed by atoms with Gasteiger partial charge in [0.15, 0.2) is 0 Å². The second-order valence-corrected chi connectivity index (χ2v) is 4.89. The molecule has 0 aromatic carbocycles. The average molecular weight is 229 g/mol. The van der Waals surface area contributed by atoms with Gasteiger partial charge in [-0.15, -0.1) is 0 Å². The molecule has 0 heterocycles. The van der Waals surface area contributed by atoms with Gasteiger partial charge in [0.1, 0.15) is 0 Å². The Bertz CT molecular complexity index is 171. The summed E-state index contributed by atoms with van der Waals surface area (Å²) in [5.74, 6) is 0.872. The van der Waals surface area contributed by atoms with Gasteiger partial charge in [-0.3, -0.25) is 0 Å². The molecule has 0 bridgehead atoms. The zero-order valence-electron chi connectivity index (χ0n) is 10.7. The van der Waals surface area contributed by atoms with Crippen LogP contribution in [-0.2, 0) is 4.74 Å². The van der Waals surface area contributed by atoms with Crippen molar-refractivity contribution >= 4 is 0 Å². The Labute approximate surface area is 99.6 Å². The number of ether oxygens (including phenoxy) is 1. The Kier molecular flexibility index (Phi) is 7.01. The predicted octanol–water partition coefficient (Wildman–Crippen LogP) is 1.94. The van der Waals surface area contributed by atoms with Crippen LogP contribution in [0.5, 0.6) is 0 Å². The lowest BCUT2D eigenvalue weighted by molar-refractivity contribution is 0.00648. The van der Waals surface area contributed by atoms with Gasteiger partial charge in [0, 0.05) is 12.6 Å². The molecule has 0 aromatic heterocycles. The molecule has 0 radical (unpaired) electrons. The van der Waals surface area contributed by atoms with Crippen LogP contribution in [0.25, 0.3) is 0 Å². The lowest BCUT2D eigenvalue weighted by Crippen LogP contribution is -2.31. The molecule has 0 aliphatic heterocycles. The highest BCUT2D eigenvalue weighted by Gasteiger charge is 2.21. The summed E-state index contributed by atoms with van der Waals surface area (Å²) in [6.45, 7) is 3.24. The number of likely N-dealkylation sites (N-methyl/N-ethyl adjacent to an activating group) is 1.